The fraction of sp³-hybridized carbons (Fsp3) is 0.467. The van der Waals surface area contributed by atoms with E-state index in [1.54, 1.807) is 0 Å². The Hall–Kier alpha value is -0.600. The minimum absolute atomic E-state index is 0.291. The maximum atomic E-state index is 5.60. The molecule has 0 saturated carbocycles. The summed E-state index contributed by atoms with van der Waals surface area (Å²) in [4.78, 5) is 0. The lowest BCUT2D eigenvalue weighted by molar-refractivity contribution is 0.146. The van der Waals surface area contributed by atoms with Crippen LogP contribution < -0.4 is 0 Å². The molecule has 0 spiro atoms. The van der Waals surface area contributed by atoms with Crippen molar-refractivity contribution >= 4 is 20.4 Å². The fourth-order valence-electron chi connectivity index (χ4n) is 2.11. The first-order chi connectivity index (χ1) is 8.29. The highest BCUT2D eigenvalue weighted by Crippen LogP contribution is 2.25. The molecule has 2 rings (SSSR count). The zero-order valence-corrected chi connectivity index (χ0v) is 11.9. The number of hydrogen-bond donors (Lipinski definition) is 0. The van der Waals surface area contributed by atoms with Crippen LogP contribution in [-0.4, -0.2) is 12.7 Å². The van der Waals surface area contributed by atoms with Crippen LogP contribution in [0, 0.1) is 0 Å². The van der Waals surface area contributed by atoms with Crippen LogP contribution in [0.1, 0.15) is 37.3 Å². The Morgan fingerprint density at radius 1 is 1.41 bits per heavy atom. The Balaban J connectivity index is 2.05. The highest BCUT2D eigenvalue weighted by Gasteiger charge is 2.13. The van der Waals surface area contributed by atoms with Crippen LogP contribution in [-0.2, 0) is 11.2 Å². The van der Waals surface area contributed by atoms with Crippen molar-refractivity contribution in [3.63, 3.8) is 0 Å². The van der Waals surface area contributed by atoms with Crippen molar-refractivity contribution in [3.05, 3.63) is 41.5 Å². The Morgan fingerprint density at radius 3 is 2.76 bits per heavy atom. The van der Waals surface area contributed by atoms with Crippen LogP contribution in [0.25, 0.3) is 4.48 Å². The molecule has 0 radical (unpaired) electrons. The van der Waals surface area contributed by atoms with E-state index in [1.807, 2.05) is 0 Å². The first-order valence-electron chi connectivity index (χ1n) is 6.38. The second-order valence-electron chi connectivity index (χ2n) is 4.51. The van der Waals surface area contributed by atoms with Gasteiger partial charge in [0.2, 0.25) is 0 Å². The smallest absolute Gasteiger partial charge is 0.0770 e. The van der Waals surface area contributed by atoms with Gasteiger partial charge in [-0.3, -0.25) is 0 Å². The van der Waals surface area contributed by atoms with Crippen molar-refractivity contribution < 1.29 is 4.74 Å². The first kappa shape index (κ1) is 12.8. The Morgan fingerprint density at radius 2 is 2.18 bits per heavy atom. The van der Waals surface area contributed by atoms with Crippen molar-refractivity contribution in [3.8, 4) is 0 Å². The minimum atomic E-state index is 0.291. The minimum Gasteiger partial charge on any atom is -0.374 e. The van der Waals surface area contributed by atoms with Crippen LogP contribution in [0.3, 0.4) is 0 Å². The van der Waals surface area contributed by atoms with Crippen molar-refractivity contribution in [2.45, 2.75) is 38.7 Å². The third kappa shape index (κ3) is 3.68. The van der Waals surface area contributed by atoms with Gasteiger partial charge in [0.15, 0.2) is 0 Å². The molecule has 92 valence electrons. The van der Waals surface area contributed by atoms with E-state index in [-0.39, 0.29) is 0 Å². The van der Waals surface area contributed by atoms with Crippen LogP contribution >= 0.6 is 15.9 Å². The number of hydrogen-bond acceptors (Lipinski definition) is 1. The molecule has 1 fully saturated rings. The third-order valence-corrected chi connectivity index (χ3v) is 3.79. The largest absolute Gasteiger partial charge is 0.374 e. The van der Waals surface area contributed by atoms with E-state index >= 15 is 0 Å². The van der Waals surface area contributed by atoms with Gasteiger partial charge in [0.1, 0.15) is 0 Å². The molecular weight excluding hydrogens is 276 g/mol. The molecule has 1 aromatic rings. The Bertz CT molecular complexity index is 374. The molecule has 1 aromatic carbocycles. The zero-order valence-electron chi connectivity index (χ0n) is 10.3. The molecule has 1 aliphatic heterocycles. The molecular formula is C15H19BrO. The predicted octanol–water partition coefficient (Wildman–Crippen LogP) is 4.55. The van der Waals surface area contributed by atoms with Crippen molar-refractivity contribution in [1.29, 1.82) is 0 Å². The molecule has 1 heterocycles. The highest BCUT2D eigenvalue weighted by molar-refractivity contribution is 9.15. The van der Waals surface area contributed by atoms with Gasteiger partial charge in [0.05, 0.1) is 6.10 Å². The van der Waals surface area contributed by atoms with Crippen molar-refractivity contribution in [2.75, 3.05) is 6.61 Å². The third-order valence-electron chi connectivity index (χ3n) is 3.07. The molecule has 1 atom stereocenters. The molecule has 0 bridgehead atoms. The van der Waals surface area contributed by atoms with Crippen molar-refractivity contribution in [2.24, 2.45) is 0 Å². The van der Waals surface area contributed by atoms with Gasteiger partial charge in [-0.1, -0.05) is 53.5 Å². The fourth-order valence-corrected chi connectivity index (χ4v) is 2.67. The van der Waals surface area contributed by atoms with Gasteiger partial charge in [-0.2, -0.15) is 0 Å². The summed E-state index contributed by atoms with van der Waals surface area (Å²) in [6.07, 6.45) is 7.15. The summed E-state index contributed by atoms with van der Waals surface area (Å²) in [7, 11) is 0. The van der Waals surface area contributed by atoms with Crippen LogP contribution in [0.5, 0.6) is 0 Å². The van der Waals surface area contributed by atoms with Gasteiger partial charge < -0.3 is 4.74 Å². The Kier molecular flexibility index (Phi) is 4.81. The van der Waals surface area contributed by atoms with Gasteiger partial charge in [0.25, 0.3) is 0 Å². The number of halogens is 1. The number of ether oxygens (including phenoxy) is 1. The topological polar surface area (TPSA) is 9.23 Å². The molecule has 17 heavy (non-hydrogen) atoms. The maximum absolute atomic E-state index is 5.60. The molecule has 1 unspecified atom stereocenters. The van der Waals surface area contributed by atoms with Gasteiger partial charge in [0, 0.05) is 11.1 Å². The van der Waals surface area contributed by atoms with E-state index in [9.17, 15) is 0 Å². The lowest BCUT2D eigenvalue weighted by atomic mass is 10.1. The molecule has 1 nitrogen and oxygen atoms in total. The molecule has 0 N–H and O–H groups in total. The molecule has 0 aliphatic carbocycles. The summed E-state index contributed by atoms with van der Waals surface area (Å²) in [5.41, 5.74) is 2.65. The number of benzene rings is 1. The molecule has 0 amide bonds. The van der Waals surface area contributed by atoms with E-state index < -0.39 is 0 Å². The first-order valence-corrected chi connectivity index (χ1v) is 7.17. The molecule has 1 saturated heterocycles. The summed E-state index contributed by atoms with van der Waals surface area (Å²) in [6.45, 7) is 3.11. The van der Waals surface area contributed by atoms with Crippen LogP contribution in [0.15, 0.2) is 30.3 Å². The average molecular weight is 295 g/mol. The summed E-state index contributed by atoms with van der Waals surface area (Å²) in [6, 6.07) is 8.79. The lowest BCUT2D eigenvalue weighted by Gasteiger charge is -2.06. The number of aryl methyl sites for hydroxylation is 1. The van der Waals surface area contributed by atoms with Crippen molar-refractivity contribution in [1.82, 2.24) is 0 Å². The zero-order chi connectivity index (χ0) is 12.1. The van der Waals surface area contributed by atoms with Gasteiger partial charge in [-0.05, 0) is 36.5 Å². The summed E-state index contributed by atoms with van der Waals surface area (Å²) < 4.78 is 6.75. The highest BCUT2D eigenvalue weighted by atomic mass is 79.9. The predicted molar refractivity (Wildman–Crippen MR) is 76.3 cm³/mol. The van der Waals surface area contributed by atoms with E-state index in [1.165, 1.54) is 24.0 Å². The Labute approximate surface area is 112 Å². The van der Waals surface area contributed by atoms with Gasteiger partial charge in [-0.25, -0.2) is 0 Å². The van der Waals surface area contributed by atoms with Crippen LogP contribution in [0.4, 0.5) is 0 Å². The number of rotatable bonds is 4. The summed E-state index contributed by atoms with van der Waals surface area (Å²) >= 11 is 3.64. The quantitative estimate of drug-likeness (QED) is 0.791. The molecule has 1 aliphatic rings. The summed E-state index contributed by atoms with van der Waals surface area (Å²) in [5, 5.41) is 0. The van der Waals surface area contributed by atoms with E-state index in [0.717, 1.165) is 23.9 Å². The van der Waals surface area contributed by atoms with E-state index in [2.05, 4.69) is 53.2 Å². The van der Waals surface area contributed by atoms with Gasteiger partial charge in [-0.15, -0.1) is 0 Å². The summed E-state index contributed by atoms with van der Waals surface area (Å²) in [5.74, 6) is 0. The van der Waals surface area contributed by atoms with Crippen LogP contribution in [0.2, 0.25) is 0 Å². The second-order valence-corrected chi connectivity index (χ2v) is 5.37. The maximum Gasteiger partial charge on any atom is 0.0770 e. The average Bonchev–Trinajstić information content (AvgIpc) is 2.83. The standard InChI is InChI=1S/C15H19BrO/c1-2-4-12-6-8-13(9-7-12)15(16)11-14-5-3-10-17-14/h6-9,11,14H,2-5,10H2,1H3/b15-11+. The van der Waals surface area contributed by atoms with E-state index in [4.69, 9.17) is 4.74 Å². The van der Waals surface area contributed by atoms with E-state index in [0.29, 0.717) is 6.10 Å². The molecule has 0 aromatic heterocycles. The SMILES string of the molecule is CCCc1ccc(/C(Br)=C\C2CCCO2)cc1. The lowest BCUT2D eigenvalue weighted by Crippen LogP contribution is -1.99. The second kappa shape index (κ2) is 6.36. The van der Waals surface area contributed by atoms with Gasteiger partial charge >= 0.3 is 0 Å². The molecule has 2 heteroatoms. The monoisotopic (exact) mass is 294 g/mol. The normalized spacial score (nSPS) is 20.8.